The van der Waals surface area contributed by atoms with Crippen LogP contribution in [0.5, 0.6) is 0 Å². The van der Waals surface area contributed by atoms with Crippen molar-refractivity contribution in [3.8, 4) is 0 Å². The molecule has 0 unspecified atom stereocenters. The van der Waals surface area contributed by atoms with Gasteiger partial charge in [0.2, 0.25) is 0 Å². The van der Waals surface area contributed by atoms with Crippen LogP contribution in [-0.4, -0.2) is 11.0 Å². The second kappa shape index (κ2) is 3.94. The van der Waals surface area contributed by atoms with Gasteiger partial charge in [-0.1, -0.05) is 23.7 Å². The topological polar surface area (TPSA) is 58.6 Å². The normalized spacial score (nSPS) is 11.7. The number of aryl methyl sites for hydroxylation is 2. The molecule has 13 heavy (non-hydrogen) atoms. The lowest BCUT2D eigenvalue weighted by Crippen LogP contribution is -2.13. The second-order valence-electron chi connectivity index (χ2n) is 3.05. The Morgan fingerprint density at radius 3 is 2.69 bits per heavy atom. The summed E-state index contributed by atoms with van der Waals surface area (Å²) in [5.74, 6) is 0.165. The molecule has 0 aliphatic heterocycles. The minimum Gasteiger partial charge on any atom is -0.409 e. The van der Waals surface area contributed by atoms with Gasteiger partial charge in [-0.25, -0.2) is 0 Å². The summed E-state index contributed by atoms with van der Waals surface area (Å²) in [6.07, 6.45) is 0.952. The standard InChI is InChI=1S/C10H14N2O/c1-3-8-4-7(2)5-9(6-8)10(11)12-13/h4-6,13H,3H2,1-2H3,(H2,11,12). The number of nitrogens with two attached hydrogens (primary N) is 1. The van der Waals surface area contributed by atoms with Gasteiger partial charge in [0.1, 0.15) is 0 Å². The van der Waals surface area contributed by atoms with Crippen LogP contribution >= 0.6 is 0 Å². The van der Waals surface area contributed by atoms with Gasteiger partial charge in [0.15, 0.2) is 5.84 Å². The van der Waals surface area contributed by atoms with E-state index in [1.807, 2.05) is 19.1 Å². The first kappa shape index (κ1) is 9.58. The van der Waals surface area contributed by atoms with Gasteiger partial charge in [-0.3, -0.25) is 0 Å². The van der Waals surface area contributed by atoms with Crippen LogP contribution in [0.4, 0.5) is 0 Å². The van der Waals surface area contributed by atoms with Gasteiger partial charge >= 0.3 is 0 Å². The number of rotatable bonds is 2. The molecule has 0 spiro atoms. The third kappa shape index (κ3) is 2.21. The van der Waals surface area contributed by atoms with Crippen molar-refractivity contribution in [1.82, 2.24) is 0 Å². The fraction of sp³-hybridized carbons (Fsp3) is 0.300. The van der Waals surface area contributed by atoms with Crippen LogP contribution in [0, 0.1) is 6.92 Å². The monoisotopic (exact) mass is 178 g/mol. The zero-order valence-electron chi connectivity index (χ0n) is 7.91. The molecule has 3 nitrogen and oxygen atoms in total. The number of hydrogen-bond acceptors (Lipinski definition) is 2. The Kier molecular flexibility index (Phi) is 2.90. The Balaban J connectivity index is 3.16. The Bertz CT molecular complexity index is 332. The molecule has 0 atom stereocenters. The largest absolute Gasteiger partial charge is 0.409 e. The third-order valence-corrected chi connectivity index (χ3v) is 1.95. The van der Waals surface area contributed by atoms with Crippen molar-refractivity contribution in [1.29, 1.82) is 0 Å². The molecule has 0 saturated carbocycles. The number of benzene rings is 1. The van der Waals surface area contributed by atoms with E-state index in [1.54, 1.807) is 0 Å². The molecule has 0 heterocycles. The van der Waals surface area contributed by atoms with Gasteiger partial charge in [-0.2, -0.15) is 0 Å². The molecule has 0 saturated heterocycles. The fourth-order valence-electron chi connectivity index (χ4n) is 1.27. The molecule has 1 aromatic rings. The summed E-state index contributed by atoms with van der Waals surface area (Å²) in [6.45, 7) is 4.07. The van der Waals surface area contributed by atoms with E-state index in [0.717, 1.165) is 17.5 Å². The summed E-state index contributed by atoms with van der Waals surface area (Å²) in [4.78, 5) is 0. The highest BCUT2D eigenvalue weighted by Crippen LogP contribution is 2.09. The molecule has 0 amide bonds. The van der Waals surface area contributed by atoms with Crippen LogP contribution in [0.1, 0.15) is 23.6 Å². The molecule has 0 bridgehead atoms. The Morgan fingerprint density at radius 1 is 1.46 bits per heavy atom. The van der Waals surface area contributed by atoms with Crippen molar-refractivity contribution in [2.24, 2.45) is 10.9 Å². The maximum atomic E-state index is 8.51. The van der Waals surface area contributed by atoms with Gasteiger partial charge in [-0.15, -0.1) is 0 Å². The van der Waals surface area contributed by atoms with E-state index < -0.39 is 0 Å². The van der Waals surface area contributed by atoms with Crippen LogP contribution in [0.2, 0.25) is 0 Å². The average Bonchev–Trinajstić information content (AvgIpc) is 2.15. The average molecular weight is 178 g/mol. The van der Waals surface area contributed by atoms with Crippen molar-refractivity contribution in [3.05, 3.63) is 34.9 Å². The van der Waals surface area contributed by atoms with E-state index in [4.69, 9.17) is 10.9 Å². The van der Waals surface area contributed by atoms with Gasteiger partial charge in [-0.05, 0) is 31.0 Å². The maximum absolute atomic E-state index is 8.51. The molecule has 0 fully saturated rings. The molecule has 0 radical (unpaired) electrons. The summed E-state index contributed by atoms with van der Waals surface area (Å²) in [7, 11) is 0. The van der Waals surface area contributed by atoms with Gasteiger partial charge in [0.05, 0.1) is 0 Å². The zero-order valence-corrected chi connectivity index (χ0v) is 7.91. The van der Waals surface area contributed by atoms with Crippen molar-refractivity contribution in [2.75, 3.05) is 0 Å². The lowest BCUT2D eigenvalue weighted by molar-refractivity contribution is 0.318. The van der Waals surface area contributed by atoms with E-state index in [9.17, 15) is 0 Å². The fourth-order valence-corrected chi connectivity index (χ4v) is 1.27. The zero-order chi connectivity index (χ0) is 9.84. The first-order chi connectivity index (χ1) is 6.17. The highest BCUT2D eigenvalue weighted by atomic mass is 16.4. The molecule has 1 rings (SSSR count). The van der Waals surface area contributed by atoms with E-state index in [1.165, 1.54) is 5.56 Å². The predicted octanol–water partition coefficient (Wildman–Crippen LogP) is 1.65. The molecule has 0 aliphatic rings. The number of oxime groups is 1. The Morgan fingerprint density at radius 2 is 2.15 bits per heavy atom. The minimum atomic E-state index is 0.165. The first-order valence-electron chi connectivity index (χ1n) is 4.25. The quantitative estimate of drug-likeness (QED) is 0.313. The summed E-state index contributed by atoms with van der Waals surface area (Å²) in [6, 6.07) is 5.92. The van der Waals surface area contributed by atoms with Crippen molar-refractivity contribution in [2.45, 2.75) is 20.3 Å². The summed E-state index contributed by atoms with van der Waals surface area (Å²) in [5, 5.41) is 11.5. The summed E-state index contributed by atoms with van der Waals surface area (Å²) in [5.41, 5.74) is 8.59. The number of amidine groups is 1. The Labute approximate surface area is 77.9 Å². The van der Waals surface area contributed by atoms with Gasteiger partial charge < -0.3 is 10.9 Å². The van der Waals surface area contributed by atoms with E-state index in [-0.39, 0.29) is 5.84 Å². The van der Waals surface area contributed by atoms with E-state index in [2.05, 4.69) is 18.1 Å². The number of hydrogen-bond donors (Lipinski definition) is 2. The van der Waals surface area contributed by atoms with Crippen LogP contribution < -0.4 is 5.73 Å². The van der Waals surface area contributed by atoms with Crippen molar-refractivity contribution < 1.29 is 5.21 Å². The lowest BCUT2D eigenvalue weighted by atomic mass is 10.0. The van der Waals surface area contributed by atoms with Crippen molar-refractivity contribution >= 4 is 5.84 Å². The highest BCUT2D eigenvalue weighted by molar-refractivity contribution is 5.97. The number of nitrogens with zero attached hydrogens (tertiary/aromatic N) is 1. The Hall–Kier alpha value is -1.51. The minimum absolute atomic E-state index is 0.165. The molecule has 3 heteroatoms. The second-order valence-corrected chi connectivity index (χ2v) is 3.05. The third-order valence-electron chi connectivity index (χ3n) is 1.95. The van der Waals surface area contributed by atoms with Crippen LogP contribution in [0.15, 0.2) is 23.4 Å². The molecule has 1 aromatic carbocycles. The van der Waals surface area contributed by atoms with Crippen molar-refractivity contribution in [3.63, 3.8) is 0 Å². The molecule has 70 valence electrons. The molecule has 0 aliphatic carbocycles. The maximum Gasteiger partial charge on any atom is 0.170 e. The van der Waals surface area contributed by atoms with Crippen LogP contribution in [0.3, 0.4) is 0 Å². The SMILES string of the molecule is CCc1cc(C)cc(C(N)=NO)c1. The highest BCUT2D eigenvalue weighted by Gasteiger charge is 2.01. The van der Waals surface area contributed by atoms with Crippen LogP contribution in [-0.2, 0) is 6.42 Å². The van der Waals surface area contributed by atoms with E-state index in [0.29, 0.717) is 0 Å². The first-order valence-corrected chi connectivity index (χ1v) is 4.25. The molecule has 0 aromatic heterocycles. The molecular formula is C10H14N2O. The van der Waals surface area contributed by atoms with Crippen LogP contribution in [0.25, 0.3) is 0 Å². The van der Waals surface area contributed by atoms with Gasteiger partial charge in [0.25, 0.3) is 0 Å². The lowest BCUT2D eigenvalue weighted by Gasteiger charge is -2.04. The summed E-state index contributed by atoms with van der Waals surface area (Å²) >= 11 is 0. The predicted molar refractivity (Wildman–Crippen MR) is 53.1 cm³/mol. The van der Waals surface area contributed by atoms with E-state index >= 15 is 0 Å². The van der Waals surface area contributed by atoms with Gasteiger partial charge in [0, 0.05) is 5.56 Å². The smallest absolute Gasteiger partial charge is 0.170 e. The molecular weight excluding hydrogens is 164 g/mol. The summed E-state index contributed by atoms with van der Waals surface area (Å²) < 4.78 is 0. The molecule has 3 N–H and O–H groups in total.